The van der Waals surface area contributed by atoms with Gasteiger partial charge in [0.15, 0.2) is 0 Å². The highest BCUT2D eigenvalue weighted by atomic mass is 15.0. The number of rotatable bonds is 8. The molecule has 0 amide bonds. The number of fused-ring (bicyclic) bond motifs is 8. The molecule has 5 heterocycles. The summed E-state index contributed by atoms with van der Waals surface area (Å²) in [5.41, 5.74) is 15.3. The van der Waals surface area contributed by atoms with Gasteiger partial charge in [0.25, 0.3) is 0 Å². The molecule has 212 valence electrons. The molecule has 5 rings (SSSR count). The molecule has 4 nitrogen and oxygen atoms in total. The second-order valence-corrected chi connectivity index (χ2v) is 10.9. The van der Waals surface area contributed by atoms with E-state index < -0.39 is 0 Å². The molecular formula is C36H48N4. The molecule has 1 aliphatic heterocycles. The summed E-state index contributed by atoms with van der Waals surface area (Å²) in [6.45, 7) is 19.4. The minimum Gasteiger partial charge on any atom is -0.355 e. The monoisotopic (exact) mass is 536 g/mol. The van der Waals surface area contributed by atoms with E-state index in [1.807, 2.05) is 0 Å². The fraction of sp³-hybridized carbons (Fsp3) is 0.444. The molecule has 0 atom stereocenters. The maximum Gasteiger partial charge on any atom is 0.0500 e. The normalized spacial score (nSPS) is 13.6. The quantitative estimate of drug-likeness (QED) is 0.250. The van der Waals surface area contributed by atoms with Crippen molar-refractivity contribution in [1.82, 2.24) is 19.5 Å². The lowest BCUT2D eigenvalue weighted by Crippen LogP contribution is -2.21. The van der Waals surface area contributed by atoms with E-state index in [-0.39, 0.29) is 0 Å². The summed E-state index contributed by atoms with van der Waals surface area (Å²) in [6, 6.07) is 11.5. The van der Waals surface area contributed by atoms with Crippen molar-refractivity contribution in [2.24, 2.45) is 0 Å². The smallest absolute Gasteiger partial charge is 0.0500 e. The standard InChI is InChI=1S/C36H48N4/c1-9-22-21-33-26(13-5)31-18-17-29(37-31)25(12-4)30-19-20-32(38-30)27(14-6)35-23(10-2)24(11-3)36(40(35)16-8)28(15-7)34(22)39-33/h17-21,37-39H,9-16H2,1-8H3. The van der Waals surface area contributed by atoms with Crippen LogP contribution in [-0.4, -0.2) is 19.5 Å². The molecule has 0 aliphatic carbocycles. The van der Waals surface area contributed by atoms with Gasteiger partial charge in [0.1, 0.15) is 0 Å². The zero-order valence-electron chi connectivity index (χ0n) is 26.0. The molecule has 0 radical (unpaired) electrons. The molecule has 0 spiro atoms. The van der Waals surface area contributed by atoms with Crippen molar-refractivity contribution in [3.63, 3.8) is 0 Å². The van der Waals surface area contributed by atoms with Crippen LogP contribution in [0.25, 0.3) is 22.3 Å². The molecule has 3 N–H and O–H groups in total. The zero-order valence-corrected chi connectivity index (χ0v) is 26.0. The highest BCUT2D eigenvalue weighted by Gasteiger charge is 2.25. The molecule has 1 aliphatic rings. The first-order valence-corrected chi connectivity index (χ1v) is 15.8. The molecule has 0 saturated heterocycles. The fourth-order valence-electron chi connectivity index (χ4n) is 7.19. The third-order valence-electron chi connectivity index (χ3n) is 9.06. The van der Waals surface area contributed by atoms with Gasteiger partial charge in [0.2, 0.25) is 0 Å². The number of aromatic nitrogens is 4. The Bertz CT molecular complexity index is 1780. The summed E-state index contributed by atoms with van der Waals surface area (Å²) in [4.78, 5) is 11.7. The lowest BCUT2D eigenvalue weighted by Gasteiger charge is -2.16. The Morgan fingerprint density at radius 2 is 1.02 bits per heavy atom. The number of nitrogens with one attached hydrogen (secondary N) is 3. The molecule has 4 aromatic heterocycles. The van der Waals surface area contributed by atoms with Crippen LogP contribution in [0.2, 0.25) is 0 Å². The van der Waals surface area contributed by atoms with Gasteiger partial charge in [0.05, 0.1) is 0 Å². The van der Waals surface area contributed by atoms with Gasteiger partial charge in [-0.3, -0.25) is 0 Å². The number of aromatic amines is 3. The van der Waals surface area contributed by atoms with Gasteiger partial charge < -0.3 is 19.5 Å². The molecule has 8 bridgehead atoms. The first-order chi connectivity index (χ1) is 19.5. The van der Waals surface area contributed by atoms with Gasteiger partial charge in [-0.25, -0.2) is 0 Å². The highest BCUT2D eigenvalue weighted by molar-refractivity contribution is 5.76. The Labute approximate surface area is 239 Å². The topological polar surface area (TPSA) is 52.3 Å². The van der Waals surface area contributed by atoms with Gasteiger partial charge in [-0.1, -0.05) is 48.5 Å². The van der Waals surface area contributed by atoms with E-state index in [0.29, 0.717) is 0 Å². The molecule has 4 aromatic rings. The Hall–Kier alpha value is -3.40. The van der Waals surface area contributed by atoms with Crippen LogP contribution in [0.3, 0.4) is 0 Å². The molecule has 40 heavy (non-hydrogen) atoms. The lowest BCUT2D eigenvalue weighted by atomic mass is 9.96. The summed E-state index contributed by atoms with van der Waals surface area (Å²) < 4.78 is 2.65. The van der Waals surface area contributed by atoms with Crippen molar-refractivity contribution in [3.05, 3.63) is 91.2 Å². The van der Waals surface area contributed by atoms with Crippen molar-refractivity contribution in [1.29, 1.82) is 0 Å². The second-order valence-electron chi connectivity index (χ2n) is 10.9. The van der Waals surface area contributed by atoms with E-state index in [1.54, 1.807) is 0 Å². The van der Waals surface area contributed by atoms with Crippen molar-refractivity contribution in [3.8, 4) is 0 Å². The molecular weight excluding hydrogens is 488 g/mol. The van der Waals surface area contributed by atoms with Gasteiger partial charge in [-0.05, 0) is 121 Å². The molecule has 0 aromatic carbocycles. The molecule has 0 unspecified atom stereocenters. The van der Waals surface area contributed by atoms with E-state index in [2.05, 4.69) is 105 Å². The fourth-order valence-corrected chi connectivity index (χ4v) is 7.19. The maximum atomic E-state index is 3.98. The molecule has 0 fully saturated rings. The third-order valence-corrected chi connectivity index (χ3v) is 9.06. The minimum atomic E-state index is 0.954. The third kappa shape index (κ3) is 4.36. The maximum absolute atomic E-state index is 3.98. The predicted molar refractivity (Wildman–Crippen MR) is 170 cm³/mol. The van der Waals surface area contributed by atoms with Crippen molar-refractivity contribution < 1.29 is 0 Å². The number of nitrogens with zero attached hydrogens (tertiary/aromatic N) is 1. The molecule has 4 heteroatoms. The van der Waals surface area contributed by atoms with Crippen molar-refractivity contribution in [2.45, 2.75) is 107 Å². The van der Waals surface area contributed by atoms with Crippen LogP contribution in [0.1, 0.15) is 121 Å². The van der Waals surface area contributed by atoms with Crippen molar-refractivity contribution >= 4 is 22.3 Å². The number of H-pyrrole nitrogens is 3. The average Bonchev–Trinajstić information content (AvgIpc) is 3.77. The Morgan fingerprint density at radius 1 is 0.500 bits per heavy atom. The number of hydrogen-bond acceptors (Lipinski definition) is 0. The van der Waals surface area contributed by atoms with Crippen LogP contribution in [0, 0.1) is 0 Å². The predicted octanol–water partition coefficient (Wildman–Crippen LogP) is 5.93. The van der Waals surface area contributed by atoms with Crippen LogP contribution >= 0.6 is 0 Å². The van der Waals surface area contributed by atoms with Crippen LogP contribution < -0.4 is 21.4 Å². The summed E-state index contributed by atoms with van der Waals surface area (Å²) in [5.74, 6) is 0. The van der Waals surface area contributed by atoms with E-state index in [0.717, 1.165) is 51.5 Å². The number of hydrogen-bond donors (Lipinski definition) is 3. The summed E-state index contributed by atoms with van der Waals surface area (Å²) >= 11 is 0. The SMILES string of the molecule is CCC1=c2ccc([nH]2)=C(CC)c2c(CC)c(CC)c(n2CC)C(CC)=c2[nH]c(cc2CC)=C(CC)c2ccc1[nH]2. The van der Waals surface area contributed by atoms with Gasteiger partial charge in [0, 0.05) is 50.7 Å². The zero-order chi connectivity index (χ0) is 28.6. The number of aryl methyl sites for hydroxylation is 1. The van der Waals surface area contributed by atoms with Gasteiger partial charge >= 0.3 is 0 Å². The first-order valence-electron chi connectivity index (χ1n) is 15.8. The van der Waals surface area contributed by atoms with Gasteiger partial charge in [-0.15, -0.1) is 0 Å². The lowest BCUT2D eigenvalue weighted by molar-refractivity contribution is 0.734. The first kappa shape index (κ1) is 28.1. The van der Waals surface area contributed by atoms with E-state index in [9.17, 15) is 0 Å². The van der Waals surface area contributed by atoms with E-state index in [1.165, 1.54) is 83.2 Å². The summed E-state index contributed by atoms with van der Waals surface area (Å²) in [6.07, 6.45) is 6.97. The largest absolute Gasteiger partial charge is 0.355 e. The molecule has 0 saturated carbocycles. The van der Waals surface area contributed by atoms with Crippen LogP contribution in [0.15, 0.2) is 30.3 Å². The highest BCUT2D eigenvalue weighted by Crippen LogP contribution is 2.34. The van der Waals surface area contributed by atoms with E-state index in [4.69, 9.17) is 0 Å². The Balaban J connectivity index is 2.10. The van der Waals surface area contributed by atoms with E-state index >= 15 is 0 Å². The van der Waals surface area contributed by atoms with Crippen LogP contribution in [0.4, 0.5) is 0 Å². The van der Waals surface area contributed by atoms with Crippen LogP contribution in [-0.2, 0) is 25.8 Å². The average molecular weight is 537 g/mol. The van der Waals surface area contributed by atoms with Crippen LogP contribution in [0.5, 0.6) is 0 Å². The summed E-state index contributed by atoms with van der Waals surface area (Å²) in [5, 5.41) is 5.02. The van der Waals surface area contributed by atoms with Gasteiger partial charge in [-0.2, -0.15) is 0 Å². The second kappa shape index (κ2) is 11.6. The summed E-state index contributed by atoms with van der Waals surface area (Å²) in [7, 11) is 0. The minimum absolute atomic E-state index is 0.954. The Morgan fingerprint density at radius 3 is 1.52 bits per heavy atom. The van der Waals surface area contributed by atoms with Crippen molar-refractivity contribution in [2.75, 3.05) is 0 Å². The Kier molecular flexibility index (Phi) is 8.16.